The molecule has 4 aliphatic carbocycles. The van der Waals surface area contributed by atoms with Gasteiger partial charge < -0.3 is 5.32 Å². The number of carbonyl (C=O) groups is 1. The summed E-state index contributed by atoms with van der Waals surface area (Å²) < 4.78 is 3.71. The van der Waals surface area contributed by atoms with Crippen molar-refractivity contribution in [2.24, 2.45) is 17.3 Å². The lowest BCUT2D eigenvalue weighted by Gasteiger charge is -2.61. The molecule has 0 radical (unpaired) electrons. The number of carbonyl (C=O) groups excluding carboxylic acids is 1. The Hall–Kier alpha value is -2.71. The molecule has 9 heteroatoms. The van der Waals surface area contributed by atoms with Gasteiger partial charge in [-0.3, -0.25) is 24.3 Å². The van der Waals surface area contributed by atoms with Gasteiger partial charge in [0.2, 0.25) is 5.91 Å². The molecule has 2 heterocycles. The first kappa shape index (κ1) is 19.3. The highest BCUT2D eigenvalue weighted by molar-refractivity contribution is 5.76. The van der Waals surface area contributed by atoms with Crippen molar-refractivity contribution < 1.29 is 9.72 Å². The molecule has 4 bridgehead atoms. The van der Waals surface area contributed by atoms with Gasteiger partial charge in [-0.1, -0.05) is 0 Å². The summed E-state index contributed by atoms with van der Waals surface area (Å²) in [5, 5.41) is 23.0. The molecule has 1 N–H and O–H groups in total. The Balaban J connectivity index is 1.31. The number of hydrogen-bond donors (Lipinski definition) is 1. The highest BCUT2D eigenvalue weighted by Gasteiger charge is 2.59. The molecule has 2 aromatic heterocycles. The van der Waals surface area contributed by atoms with Gasteiger partial charge in [0.15, 0.2) is 0 Å². The van der Waals surface area contributed by atoms with Gasteiger partial charge in [-0.25, -0.2) is 0 Å². The minimum atomic E-state index is -0.382. The van der Waals surface area contributed by atoms with Crippen LogP contribution in [0.25, 0.3) is 0 Å². The first-order chi connectivity index (χ1) is 14.4. The van der Waals surface area contributed by atoms with E-state index in [2.05, 4.69) is 15.5 Å². The highest BCUT2D eigenvalue weighted by atomic mass is 16.6. The van der Waals surface area contributed by atoms with Crippen molar-refractivity contribution in [2.75, 3.05) is 0 Å². The average Bonchev–Trinajstić information content (AvgIpc) is 3.35. The van der Waals surface area contributed by atoms with Crippen LogP contribution in [0.15, 0.2) is 24.7 Å². The van der Waals surface area contributed by atoms with Gasteiger partial charge in [0.05, 0.1) is 22.7 Å². The fourth-order valence-corrected chi connectivity index (χ4v) is 6.81. The summed E-state index contributed by atoms with van der Waals surface area (Å²) in [5.41, 5.74) is 0.705. The summed E-state index contributed by atoms with van der Waals surface area (Å²) in [6.07, 6.45) is 11.7. The van der Waals surface area contributed by atoms with Gasteiger partial charge in [0.1, 0.15) is 12.4 Å². The molecule has 2 aromatic rings. The van der Waals surface area contributed by atoms with E-state index in [4.69, 9.17) is 0 Å². The Morgan fingerprint density at radius 3 is 2.73 bits per heavy atom. The highest BCUT2D eigenvalue weighted by Crippen LogP contribution is 2.65. The van der Waals surface area contributed by atoms with Crippen molar-refractivity contribution in [3.63, 3.8) is 0 Å². The maximum atomic E-state index is 12.9. The Morgan fingerprint density at radius 1 is 1.33 bits per heavy atom. The molecule has 30 heavy (non-hydrogen) atoms. The standard InChI is InChI=1S/C21H28N6O3/c1-2-25-4-3-17(24-25)11-22-19(28)10-20-6-15-5-16(7-20)9-21(8-15,14-20)26-13-18(12-23-26)27(29)30/h3-4,12-13,15-16H,2,5-11,14H2,1H3,(H,22,28). The lowest BCUT2D eigenvalue weighted by atomic mass is 9.46. The van der Waals surface area contributed by atoms with E-state index in [1.165, 1.54) is 12.6 Å². The predicted octanol–water partition coefficient (Wildman–Crippen LogP) is 3.01. The number of nitro groups is 1. The van der Waals surface area contributed by atoms with Gasteiger partial charge in [-0.2, -0.15) is 10.2 Å². The second-order valence-electron chi connectivity index (χ2n) is 9.70. The number of hydrogen-bond acceptors (Lipinski definition) is 5. The Kier molecular flexibility index (Phi) is 4.44. The van der Waals surface area contributed by atoms with Crippen LogP contribution in [0.5, 0.6) is 0 Å². The van der Waals surface area contributed by atoms with Crippen LogP contribution >= 0.6 is 0 Å². The summed E-state index contributed by atoms with van der Waals surface area (Å²) >= 11 is 0. The SMILES string of the molecule is CCn1ccc(CNC(=O)CC23CC4CC(C2)CC(n2cc([N+](=O)[O-])cn2)(C4)C3)n1. The fraction of sp³-hybridized carbons (Fsp3) is 0.667. The second-order valence-corrected chi connectivity index (χ2v) is 9.70. The summed E-state index contributed by atoms with van der Waals surface area (Å²) in [6, 6.07) is 1.94. The molecule has 2 atom stereocenters. The molecule has 9 nitrogen and oxygen atoms in total. The van der Waals surface area contributed by atoms with E-state index >= 15 is 0 Å². The van der Waals surface area contributed by atoms with Gasteiger partial charge in [0.25, 0.3) is 0 Å². The molecule has 160 valence electrons. The lowest BCUT2D eigenvalue weighted by molar-refractivity contribution is -0.385. The molecule has 4 fully saturated rings. The number of aromatic nitrogens is 4. The van der Waals surface area contributed by atoms with Crippen LogP contribution in [-0.2, 0) is 23.4 Å². The molecule has 4 saturated carbocycles. The Bertz CT molecular complexity index is 965. The minimum absolute atomic E-state index is 0.0301. The summed E-state index contributed by atoms with van der Waals surface area (Å²) in [7, 11) is 0. The maximum absolute atomic E-state index is 12.9. The van der Waals surface area contributed by atoms with Crippen LogP contribution in [0.2, 0.25) is 0 Å². The van der Waals surface area contributed by atoms with Crippen LogP contribution in [0.4, 0.5) is 5.69 Å². The summed E-state index contributed by atoms with van der Waals surface area (Å²) in [5.74, 6) is 1.22. The van der Waals surface area contributed by atoms with Gasteiger partial charge in [-0.05, 0) is 68.8 Å². The molecule has 6 rings (SSSR count). The lowest BCUT2D eigenvalue weighted by Crippen LogP contribution is -2.57. The number of amides is 1. The molecule has 0 spiro atoms. The van der Waals surface area contributed by atoms with Crippen molar-refractivity contribution >= 4 is 11.6 Å². The molecule has 0 saturated heterocycles. The quantitative estimate of drug-likeness (QED) is 0.555. The second kappa shape index (κ2) is 6.92. The van der Waals surface area contributed by atoms with Crippen LogP contribution in [-0.4, -0.2) is 30.4 Å². The topological polar surface area (TPSA) is 108 Å². The first-order valence-corrected chi connectivity index (χ1v) is 10.9. The van der Waals surface area contributed by atoms with Crippen molar-refractivity contribution in [1.29, 1.82) is 0 Å². The molecule has 2 unspecified atom stereocenters. The summed E-state index contributed by atoms with van der Waals surface area (Å²) in [6.45, 7) is 3.30. The smallest absolute Gasteiger partial charge is 0.307 e. The Labute approximate surface area is 175 Å². The summed E-state index contributed by atoms with van der Waals surface area (Å²) in [4.78, 5) is 23.6. The minimum Gasteiger partial charge on any atom is -0.350 e. The van der Waals surface area contributed by atoms with Crippen molar-refractivity contribution in [2.45, 2.75) is 70.5 Å². The van der Waals surface area contributed by atoms with E-state index in [1.54, 1.807) is 6.20 Å². The average molecular weight is 412 g/mol. The van der Waals surface area contributed by atoms with Crippen LogP contribution in [0.1, 0.15) is 57.6 Å². The fourth-order valence-electron chi connectivity index (χ4n) is 6.81. The normalized spacial score (nSPS) is 31.8. The molecule has 0 aromatic carbocycles. The number of nitrogens with one attached hydrogen (secondary N) is 1. The monoisotopic (exact) mass is 412 g/mol. The van der Waals surface area contributed by atoms with Crippen LogP contribution in [0.3, 0.4) is 0 Å². The van der Waals surface area contributed by atoms with Gasteiger partial charge >= 0.3 is 5.69 Å². The third kappa shape index (κ3) is 3.30. The zero-order valence-corrected chi connectivity index (χ0v) is 17.3. The van der Waals surface area contributed by atoms with E-state index in [-0.39, 0.29) is 27.5 Å². The van der Waals surface area contributed by atoms with E-state index in [0.717, 1.165) is 44.3 Å². The van der Waals surface area contributed by atoms with Crippen LogP contribution in [0, 0.1) is 27.4 Å². The molecular weight excluding hydrogens is 384 g/mol. The molecular formula is C21H28N6O3. The van der Waals surface area contributed by atoms with E-state index < -0.39 is 0 Å². The number of nitrogens with zero attached hydrogens (tertiary/aromatic N) is 5. The van der Waals surface area contributed by atoms with Crippen molar-refractivity contribution in [1.82, 2.24) is 24.9 Å². The van der Waals surface area contributed by atoms with Gasteiger partial charge in [-0.15, -0.1) is 0 Å². The Morgan fingerprint density at radius 2 is 2.10 bits per heavy atom. The molecule has 1 amide bonds. The van der Waals surface area contributed by atoms with E-state index in [1.807, 2.05) is 28.6 Å². The number of aryl methyl sites for hydroxylation is 1. The third-order valence-corrected chi connectivity index (χ3v) is 7.44. The van der Waals surface area contributed by atoms with Crippen molar-refractivity contribution in [3.8, 4) is 0 Å². The van der Waals surface area contributed by atoms with Crippen LogP contribution < -0.4 is 5.32 Å². The zero-order valence-electron chi connectivity index (χ0n) is 17.3. The molecule has 4 aliphatic rings. The third-order valence-electron chi connectivity index (χ3n) is 7.44. The van der Waals surface area contributed by atoms with E-state index in [9.17, 15) is 14.9 Å². The van der Waals surface area contributed by atoms with Gasteiger partial charge in [0, 0.05) is 19.2 Å². The zero-order chi connectivity index (χ0) is 20.9. The number of rotatable bonds is 7. The van der Waals surface area contributed by atoms with E-state index in [0.29, 0.717) is 24.8 Å². The van der Waals surface area contributed by atoms with Crippen molar-refractivity contribution in [3.05, 3.63) is 40.5 Å². The largest absolute Gasteiger partial charge is 0.350 e. The predicted molar refractivity (Wildman–Crippen MR) is 108 cm³/mol. The maximum Gasteiger partial charge on any atom is 0.307 e. The molecule has 0 aliphatic heterocycles. The first-order valence-electron chi connectivity index (χ1n) is 10.9.